The molecule has 0 atom stereocenters. The van der Waals surface area contributed by atoms with Crippen molar-refractivity contribution >= 4 is 17.5 Å². The molecule has 0 unspecified atom stereocenters. The van der Waals surface area contributed by atoms with Crippen molar-refractivity contribution in [2.75, 3.05) is 11.9 Å². The predicted molar refractivity (Wildman–Crippen MR) is 95.2 cm³/mol. The number of aryl methyl sites for hydroxylation is 1. The second-order valence-corrected chi connectivity index (χ2v) is 6.17. The van der Waals surface area contributed by atoms with Gasteiger partial charge in [-0.25, -0.2) is 0 Å². The molecule has 5 nitrogen and oxygen atoms in total. The van der Waals surface area contributed by atoms with Crippen LogP contribution < -0.4 is 10.6 Å². The molecule has 1 heterocycles. The van der Waals surface area contributed by atoms with Crippen molar-refractivity contribution in [2.45, 2.75) is 27.2 Å². The van der Waals surface area contributed by atoms with Crippen molar-refractivity contribution < 1.29 is 9.59 Å². The number of amides is 2. The summed E-state index contributed by atoms with van der Waals surface area (Å²) < 4.78 is 0. The van der Waals surface area contributed by atoms with E-state index in [1.807, 2.05) is 31.2 Å². The third kappa shape index (κ3) is 4.91. The fourth-order valence-corrected chi connectivity index (χ4v) is 2.17. The Morgan fingerprint density at radius 2 is 1.75 bits per heavy atom. The summed E-state index contributed by atoms with van der Waals surface area (Å²) in [5, 5.41) is 5.68. The maximum atomic E-state index is 12.4. The SMILES string of the molecule is Cc1ccccc1NC(=O)c1cncc(C(=O)NCCC(C)C)c1. The molecule has 1 aromatic heterocycles. The normalized spacial score (nSPS) is 10.5. The maximum absolute atomic E-state index is 12.4. The lowest BCUT2D eigenvalue weighted by Gasteiger charge is -2.09. The fourth-order valence-electron chi connectivity index (χ4n) is 2.17. The van der Waals surface area contributed by atoms with Crippen LogP contribution in [0.4, 0.5) is 5.69 Å². The number of benzene rings is 1. The number of hydrogen-bond donors (Lipinski definition) is 2. The van der Waals surface area contributed by atoms with Gasteiger partial charge in [-0.15, -0.1) is 0 Å². The average molecular weight is 325 g/mol. The van der Waals surface area contributed by atoms with Gasteiger partial charge in [0.15, 0.2) is 0 Å². The Balaban J connectivity index is 2.05. The third-order valence-electron chi connectivity index (χ3n) is 3.66. The van der Waals surface area contributed by atoms with Crippen molar-refractivity contribution in [1.82, 2.24) is 10.3 Å². The monoisotopic (exact) mass is 325 g/mol. The number of rotatable bonds is 6. The van der Waals surface area contributed by atoms with Gasteiger partial charge in [-0.3, -0.25) is 14.6 Å². The molecule has 0 spiro atoms. The first-order valence-electron chi connectivity index (χ1n) is 8.07. The van der Waals surface area contributed by atoms with Crippen LogP contribution in [0.2, 0.25) is 0 Å². The molecule has 0 fully saturated rings. The molecule has 2 amide bonds. The predicted octanol–water partition coefficient (Wildman–Crippen LogP) is 3.42. The minimum atomic E-state index is -0.284. The van der Waals surface area contributed by atoms with Crippen LogP contribution in [0.1, 0.15) is 46.5 Å². The molecule has 0 saturated heterocycles. The molecule has 2 rings (SSSR count). The lowest BCUT2D eigenvalue weighted by atomic mass is 10.1. The summed E-state index contributed by atoms with van der Waals surface area (Å²) in [7, 11) is 0. The Bertz CT molecular complexity index is 726. The van der Waals surface area contributed by atoms with E-state index >= 15 is 0 Å². The van der Waals surface area contributed by atoms with E-state index in [-0.39, 0.29) is 11.8 Å². The van der Waals surface area contributed by atoms with E-state index in [0.29, 0.717) is 23.6 Å². The highest BCUT2D eigenvalue weighted by Gasteiger charge is 2.12. The summed E-state index contributed by atoms with van der Waals surface area (Å²) >= 11 is 0. The minimum Gasteiger partial charge on any atom is -0.352 e. The van der Waals surface area contributed by atoms with E-state index < -0.39 is 0 Å². The minimum absolute atomic E-state index is 0.214. The van der Waals surface area contributed by atoms with E-state index in [1.54, 1.807) is 6.07 Å². The molecule has 1 aromatic carbocycles. The van der Waals surface area contributed by atoms with Gasteiger partial charge in [0.25, 0.3) is 11.8 Å². The van der Waals surface area contributed by atoms with Crippen molar-refractivity contribution in [3.05, 3.63) is 59.4 Å². The first kappa shape index (κ1) is 17.7. The molecule has 2 N–H and O–H groups in total. The number of aromatic nitrogens is 1. The van der Waals surface area contributed by atoms with E-state index in [9.17, 15) is 9.59 Å². The zero-order valence-electron chi connectivity index (χ0n) is 14.3. The van der Waals surface area contributed by atoms with Gasteiger partial charge in [-0.2, -0.15) is 0 Å². The Morgan fingerprint density at radius 3 is 2.42 bits per heavy atom. The number of hydrogen-bond acceptors (Lipinski definition) is 3. The van der Waals surface area contributed by atoms with Crippen LogP contribution in [0.15, 0.2) is 42.7 Å². The molecule has 0 aliphatic heterocycles. The molecule has 2 aromatic rings. The number of nitrogens with zero attached hydrogens (tertiary/aromatic N) is 1. The first-order valence-corrected chi connectivity index (χ1v) is 8.07. The molecule has 0 aliphatic rings. The van der Waals surface area contributed by atoms with Crippen molar-refractivity contribution in [2.24, 2.45) is 5.92 Å². The zero-order chi connectivity index (χ0) is 17.5. The fraction of sp³-hybridized carbons (Fsp3) is 0.316. The molecule has 0 bridgehead atoms. The second-order valence-electron chi connectivity index (χ2n) is 6.17. The number of pyridine rings is 1. The smallest absolute Gasteiger partial charge is 0.257 e. The summed E-state index contributed by atoms with van der Waals surface area (Å²) in [4.78, 5) is 28.5. The highest BCUT2D eigenvalue weighted by atomic mass is 16.2. The van der Waals surface area contributed by atoms with Crippen LogP contribution in [0.5, 0.6) is 0 Å². The average Bonchev–Trinajstić information content (AvgIpc) is 2.56. The molecular weight excluding hydrogens is 302 g/mol. The summed E-state index contributed by atoms with van der Waals surface area (Å²) in [5.41, 5.74) is 2.46. The molecular formula is C19H23N3O2. The van der Waals surface area contributed by atoms with Crippen LogP contribution in [0, 0.1) is 12.8 Å². The molecule has 0 aliphatic carbocycles. The van der Waals surface area contributed by atoms with Gasteiger partial charge in [0.2, 0.25) is 0 Å². The molecule has 0 saturated carbocycles. The maximum Gasteiger partial charge on any atom is 0.257 e. The molecule has 126 valence electrons. The number of nitrogens with one attached hydrogen (secondary N) is 2. The van der Waals surface area contributed by atoms with Crippen molar-refractivity contribution in [3.63, 3.8) is 0 Å². The van der Waals surface area contributed by atoms with Crippen molar-refractivity contribution in [1.29, 1.82) is 0 Å². The number of carbonyl (C=O) groups is 2. The Kier molecular flexibility index (Phi) is 6.07. The van der Waals surface area contributed by atoms with E-state index in [4.69, 9.17) is 0 Å². The quantitative estimate of drug-likeness (QED) is 0.855. The lowest BCUT2D eigenvalue weighted by molar-refractivity contribution is 0.0951. The highest BCUT2D eigenvalue weighted by molar-refractivity contribution is 6.06. The second kappa shape index (κ2) is 8.24. The van der Waals surface area contributed by atoms with Gasteiger partial charge >= 0.3 is 0 Å². The number of anilines is 1. The highest BCUT2D eigenvalue weighted by Crippen LogP contribution is 2.15. The van der Waals surface area contributed by atoms with Gasteiger partial charge < -0.3 is 10.6 Å². The van der Waals surface area contributed by atoms with E-state index in [1.165, 1.54) is 12.4 Å². The van der Waals surface area contributed by atoms with Gasteiger partial charge in [-0.1, -0.05) is 32.0 Å². The van der Waals surface area contributed by atoms with Crippen LogP contribution >= 0.6 is 0 Å². The lowest BCUT2D eigenvalue weighted by Crippen LogP contribution is -2.26. The number of para-hydroxylation sites is 1. The van der Waals surface area contributed by atoms with Crippen LogP contribution in [-0.4, -0.2) is 23.3 Å². The zero-order valence-corrected chi connectivity index (χ0v) is 14.3. The first-order chi connectivity index (χ1) is 11.5. The summed E-state index contributed by atoms with van der Waals surface area (Å²) in [6, 6.07) is 9.09. The summed E-state index contributed by atoms with van der Waals surface area (Å²) in [5.74, 6) is 0.0250. The van der Waals surface area contributed by atoms with Crippen LogP contribution in [-0.2, 0) is 0 Å². The largest absolute Gasteiger partial charge is 0.352 e. The van der Waals surface area contributed by atoms with Crippen LogP contribution in [0.25, 0.3) is 0 Å². The van der Waals surface area contributed by atoms with Gasteiger partial charge in [0.05, 0.1) is 11.1 Å². The summed E-state index contributed by atoms with van der Waals surface area (Å²) in [6.07, 6.45) is 3.83. The van der Waals surface area contributed by atoms with Crippen LogP contribution in [0.3, 0.4) is 0 Å². The van der Waals surface area contributed by atoms with E-state index in [0.717, 1.165) is 17.7 Å². The van der Waals surface area contributed by atoms with Gasteiger partial charge in [-0.05, 0) is 37.0 Å². The Labute approximate surface area is 142 Å². The molecule has 24 heavy (non-hydrogen) atoms. The van der Waals surface area contributed by atoms with Gasteiger partial charge in [0, 0.05) is 24.6 Å². The Hall–Kier alpha value is -2.69. The topological polar surface area (TPSA) is 71.1 Å². The molecule has 0 radical (unpaired) electrons. The standard InChI is InChI=1S/C19H23N3O2/c1-13(2)8-9-21-18(23)15-10-16(12-20-11-15)19(24)22-17-7-5-4-6-14(17)3/h4-7,10-13H,8-9H2,1-3H3,(H,21,23)(H,22,24). The van der Waals surface area contributed by atoms with Crippen molar-refractivity contribution in [3.8, 4) is 0 Å². The van der Waals surface area contributed by atoms with E-state index in [2.05, 4.69) is 29.5 Å². The Morgan fingerprint density at radius 1 is 1.08 bits per heavy atom. The number of carbonyl (C=O) groups excluding carboxylic acids is 2. The molecule has 5 heteroatoms. The summed E-state index contributed by atoms with van der Waals surface area (Å²) in [6.45, 7) is 6.73. The van der Waals surface area contributed by atoms with Gasteiger partial charge in [0.1, 0.15) is 0 Å². The third-order valence-corrected chi connectivity index (χ3v) is 3.66.